The third-order valence-corrected chi connectivity index (χ3v) is 4.40. The summed E-state index contributed by atoms with van der Waals surface area (Å²) < 4.78 is 5.57. The molecular formula is C13H16N2O2. The second-order valence-electron chi connectivity index (χ2n) is 5.32. The van der Waals surface area contributed by atoms with Gasteiger partial charge in [0.1, 0.15) is 6.04 Å². The molecular weight excluding hydrogens is 216 g/mol. The van der Waals surface area contributed by atoms with Crippen LogP contribution in [0.3, 0.4) is 0 Å². The summed E-state index contributed by atoms with van der Waals surface area (Å²) in [6.07, 6.45) is 12.5. The summed E-state index contributed by atoms with van der Waals surface area (Å²) in [5.74, 6) is -0.0449. The maximum absolute atomic E-state index is 12.0. The van der Waals surface area contributed by atoms with Crippen LogP contribution in [0.25, 0.3) is 0 Å². The average Bonchev–Trinajstić information content (AvgIpc) is 2.80. The van der Waals surface area contributed by atoms with E-state index in [-0.39, 0.29) is 18.2 Å². The van der Waals surface area contributed by atoms with E-state index in [2.05, 4.69) is 28.2 Å². The van der Waals surface area contributed by atoms with E-state index in [1.54, 1.807) is 0 Å². The van der Waals surface area contributed by atoms with Crippen LogP contribution in [0.5, 0.6) is 0 Å². The fraction of sp³-hybridized carbons (Fsp3) is 0.615. The minimum atomic E-state index is -0.0449. The summed E-state index contributed by atoms with van der Waals surface area (Å²) in [6.45, 7) is 0. The lowest BCUT2D eigenvalue weighted by Gasteiger charge is -2.47. The molecule has 4 atom stereocenters. The van der Waals surface area contributed by atoms with Gasteiger partial charge in [0.2, 0.25) is 0 Å². The first-order valence-electron chi connectivity index (χ1n) is 6.41. The van der Waals surface area contributed by atoms with Crippen molar-refractivity contribution in [1.29, 1.82) is 0 Å². The molecule has 2 fully saturated rings. The molecule has 4 rings (SSSR count). The molecule has 0 spiro atoms. The number of carbonyl (C=O) groups excluding carboxylic acids is 1. The molecule has 0 aromatic carbocycles. The van der Waals surface area contributed by atoms with Crippen molar-refractivity contribution in [3.63, 3.8) is 0 Å². The molecule has 4 heteroatoms. The van der Waals surface area contributed by atoms with Crippen LogP contribution in [-0.2, 0) is 9.53 Å². The standard InChI is InChI=1S/C13H16N2O2/c16-13(11-7-9-3-1-5-14(9)11)17-12-8-10-4-2-6-15(10)12/h1-2,5-6,9-12H,3-4,7-8H2. The predicted molar refractivity (Wildman–Crippen MR) is 61.7 cm³/mol. The van der Waals surface area contributed by atoms with Crippen LogP contribution in [0.1, 0.15) is 25.7 Å². The van der Waals surface area contributed by atoms with Gasteiger partial charge in [-0.1, -0.05) is 12.2 Å². The summed E-state index contributed by atoms with van der Waals surface area (Å²) in [5, 5.41) is 0. The third-order valence-electron chi connectivity index (χ3n) is 4.40. The minimum absolute atomic E-state index is 0.00289. The van der Waals surface area contributed by atoms with Gasteiger partial charge in [-0.2, -0.15) is 0 Å². The molecule has 0 aromatic rings. The highest BCUT2D eigenvalue weighted by Gasteiger charge is 2.46. The number of esters is 1. The Morgan fingerprint density at radius 2 is 1.76 bits per heavy atom. The molecule has 90 valence electrons. The molecule has 0 saturated carbocycles. The molecule has 0 N–H and O–H groups in total. The Kier molecular flexibility index (Phi) is 1.84. The van der Waals surface area contributed by atoms with E-state index in [4.69, 9.17) is 4.74 Å². The Hall–Kier alpha value is -1.45. The van der Waals surface area contributed by atoms with Crippen LogP contribution in [0.4, 0.5) is 0 Å². The summed E-state index contributed by atoms with van der Waals surface area (Å²) >= 11 is 0. The normalized spacial score (nSPS) is 40.7. The van der Waals surface area contributed by atoms with E-state index in [1.807, 2.05) is 6.20 Å². The van der Waals surface area contributed by atoms with Crippen LogP contribution in [0.2, 0.25) is 0 Å². The van der Waals surface area contributed by atoms with Gasteiger partial charge in [0.05, 0.1) is 0 Å². The molecule has 4 unspecified atom stereocenters. The molecule has 17 heavy (non-hydrogen) atoms. The summed E-state index contributed by atoms with van der Waals surface area (Å²) in [6, 6.07) is 1.13. The average molecular weight is 232 g/mol. The maximum Gasteiger partial charge on any atom is 0.330 e. The lowest BCUT2D eigenvalue weighted by atomic mass is 9.94. The number of hydrogen-bond donors (Lipinski definition) is 0. The number of fused-ring (bicyclic) bond motifs is 2. The molecule has 0 amide bonds. The highest BCUT2D eigenvalue weighted by atomic mass is 16.6. The smallest absolute Gasteiger partial charge is 0.330 e. The van der Waals surface area contributed by atoms with Gasteiger partial charge in [-0.3, -0.25) is 0 Å². The van der Waals surface area contributed by atoms with Gasteiger partial charge < -0.3 is 14.5 Å². The summed E-state index contributed by atoms with van der Waals surface area (Å²) in [5.41, 5.74) is 0. The Bertz CT molecular complexity index is 418. The van der Waals surface area contributed by atoms with Crippen LogP contribution in [-0.4, -0.2) is 40.1 Å². The van der Waals surface area contributed by atoms with Crippen molar-refractivity contribution >= 4 is 5.97 Å². The highest BCUT2D eigenvalue weighted by molar-refractivity contribution is 5.77. The molecule has 4 heterocycles. The molecule has 0 aromatic heterocycles. The van der Waals surface area contributed by atoms with Crippen molar-refractivity contribution in [2.24, 2.45) is 0 Å². The van der Waals surface area contributed by atoms with E-state index in [0.29, 0.717) is 12.1 Å². The molecule has 4 aliphatic heterocycles. The first kappa shape index (κ1) is 9.57. The molecule has 0 bridgehead atoms. The van der Waals surface area contributed by atoms with Gasteiger partial charge in [-0.05, 0) is 31.7 Å². The van der Waals surface area contributed by atoms with Gasteiger partial charge >= 0.3 is 5.97 Å². The van der Waals surface area contributed by atoms with E-state index < -0.39 is 0 Å². The van der Waals surface area contributed by atoms with Gasteiger partial charge in [0.15, 0.2) is 6.23 Å². The van der Waals surface area contributed by atoms with E-state index in [0.717, 1.165) is 25.7 Å². The lowest BCUT2D eigenvalue weighted by molar-refractivity contribution is -0.183. The summed E-state index contributed by atoms with van der Waals surface area (Å²) in [7, 11) is 0. The molecule has 0 aliphatic carbocycles. The van der Waals surface area contributed by atoms with Gasteiger partial charge in [-0.25, -0.2) is 4.79 Å². The first-order valence-corrected chi connectivity index (χ1v) is 6.41. The molecule has 4 nitrogen and oxygen atoms in total. The lowest BCUT2D eigenvalue weighted by Crippen LogP contribution is -2.58. The predicted octanol–water partition coefficient (Wildman–Crippen LogP) is 1.21. The Labute approximate surface area is 101 Å². The number of ether oxygens (including phenoxy) is 1. The zero-order chi connectivity index (χ0) is 11.4. The number of nitrogens with zero attached hydrogens (tertiary/aromatic N) is 2. The van der Waals surface area contributed by atoms with Crippen molar-refractivity contribution in [1.82, 2.24) is 9.80 Å². The largest absolute Gasteiger partial charge is 0.440 e. The number of rotatable bonds is 2. The zero-order valence-electron chi connectivity index (χ0n) is 9.66. The van der Waals surface area contributed by atoms with Gasteiger partial charge in [0.25, 0.3) is 0 Å². The minimum Gasteiger partial charge on any atom is -0.440 e. The fourth-order valence-corrected chi connectivity index (χ4v) is 3.29. The fourth-order valence-electron chi connectivity index (χ4n) is 3.29. The second kappa shape index (κ2) is 3.28. The Balaban J connectivity index is 1.36. The quantitative estimate of drug-likeness (QED) is 0.670. The van der Waals surface area contributed by atoms with Crippen molar-refractivity contribution in [2.45, 2.75) is 50.0 Å². The topological polar surface area (TPSA) is 32.8 Å². The van der Waals surface area contributed by atoms with Crippen LogP contribution in [0, 0.1) is 0 Å². The highest BCUT2D eigenvalue weighted by Crippen LogP contribution is 2.37. The SMILES string of the molecule is O=C(OC1CC2CC=CN21)C1CC2CC=CN21. The van der Waals surface area contributed by atoms with Crippen molar-refractivity contribution < 1.29 is 9.53 Å². The van der Waals surface area contributed by atoms with Gasteiger partial charge in [-0.15, -0.1) is 0 Å². The van der Waals surface area contributed by atoms with Crippen molar-refractivity contribution in [3.8, 4) is 0 Å². The van der Waals surface area contributed by atoms with Crippen LogP contribution in [0.15, 0.2) is 24.6 Å². The van der Waals surface area contributed by atoms with Crippen LogP contribution >= 0.6 is 0 Å². The molecule has 4 aliphatic rings. The monoisotopic (exact) mass is 232 g/mol. The first-order chi connectivity index (χ1) is 8.33. The second-order valence-corrected chi connectivity index (χ2v) is 5.32. The van der Waals surface area contributed by atoms with Gasteiger partial charge in [0, 0.05) is 18.5 Å². The maximum atomic E-state index is 12.0. The van der Waals surface area contributed by atoms with E-state index >= 15 is 0 Å². The van der Waals surface area contributed by atoms with E-state index in [1.165, 1.54) is 0 Å². The zero-order valence-corrected chi connectivity index (χ0v) is 9.66. The number of hydrogen-bond acceptors (Lipinski definition) is 4. The summed E-state index contributed by atoms with van der Waals surface area (Å²) in [4.78, 5) is 16.3. The molecule has 0 radical (unpaired) electrons. The van der Waals surface area contributed by atoms with Crippen molar-refractivity contribution in [3.05, 3.63) is 24.6 Å². The third kappa shape index (κ3) is 1.27. The Morgan fingerprint density at radius 1 is 1.06 bits per heavy atom. The molecule has 2 saturated heterocycles. The van der Waals surface area contributed by atoms with Crippen molar-refractivity contribution in [2.75, 3.05) is 0 Å². The Morgan fingerprint density at radius 3 is 2.47 bits per heavy atom. The number of carbonyl (C=O) groups is 1. The van der Waals surface area contributed by atoms with Crippen LogP contribution < -0.4 is 0 Å². The van der Waals surface area contributed by atoms with E-state index in [9.17, 15) is 4.79 Å².